The summed E-state index contributed by atoms with van der Waals surface area (Å²) in [5, 5.41) is 0. The normalized spacial score (nSPS) is 16.9. The molecule has 0 heterocycles. The highest BCUT2D eigenvalue weighted by molar-refractivity contribution is 5.86. The van der Waals surface area contributed by atoms with E-state index < -0.39 is 0 Å². The minimum atomic E-state index is -0.304. The highest BCUT2D eigenvalue weighted by Gasteiger charge is 2.36. The van der Waals surface area contributed by atoms with Gasteiger partial charge in [-0.1, -0.05) is 0 Å². The lowest BCUT2D eigenvalue weighted by molar-refractivity contribution is -0.145. The van der Waals surface area contributed by atoms with Crippen molar-refractivity contribution in [1.82, 2.24) is 0 Å². The zero-order valence-electron chi connectivity index (χ0n) is 10.0. The molecule has 0 radical (unpaired) electrons. The van der Waals surface area contributed by atoms with Gasteiger partial charge >= 0.3 is 5.97 Å². The number of ether oxygens (including phenoxy) is 2. The smallest absolute Gasteiger partial charge is 0.306 e. The van der Waals surface area contributed by atoms with Crippen molar-refractivity contribution in [2.75, 3.05) is 13.2 Å². The number of carbonyl (C=O) groups is 2. The number of ketones is 1. The van der Waals surface area contributed by atoms with E-state index in [9.17, 15) is 9.59 Å². The van der Waals surface area contributed by atoms with Crippen LogP contribution in [0, 0.1) is 5.92 Å². The Balaban J connectivity index is 2.28. The molecule has 16 heavy (non-hydrogen) atoms. The molecule has 0 saturated heterocycles. The van der Waals surface area contributed by atoms with E-state index in [0.717, 1.165) is 12.8 Å². The maximum absolute atomic E-state index is 11.8. The van der Waals surface area contributed by atoms with E-state index in [1.54, 1.807) is 6.92 Å². The van der Waals surface area contributed by atoms with E-state index in [2.05, 4.69) is 0 Å². The maximum atomic E-state index is 11.8. The molecule has 0 bridgehead atoms. The third-order valence-electron chi connectivity index (χ3n) is 2.59. The molecule has 4 nitrogen and oxygen atoms in total. The number of hydrogen-bond donors (Lipinski definition) is 0. The third-order valence-corrected chi connectivity index (χ3v) is 2.59. The molecule has 0 aliphatic heterocycles. The van der Waals surface area contributed by atoms with E-state index in [-0.39, 0.29) is 30.7 Å². The van der Waals surface area contributed by atoms with Gasteiger partial charge in [-0.2, -0.15) is 0 Å². The van der Waals surface area contributed by atoms with Gasteiger partial charge in [0.05, 0.1) is 13.0 Å². The second kappa shape index (κ2) is 6.63. The average molecular weight is 228 g/mol. The standard InChI is InChI=1S/C12H20O4/c1-3-15-11(14)8-7-10(13)12(16-4-2)9-5-6-9/h9,12H,3-8H2,1-2H3. The lowest BCUT2D eigenvalue weighted by atomic mass is 10.1. The predicted octanol–water partition coefficient (Wildman–Crippen LogP) is 1.71. The Hall–Kier alpha value is -0.900. The molecule has 92 valence electrons. The summed E-state index contributed by atoms with van der Waals surface area (Å²) >= 11 is 0. The van der Waals surface area contributed by atoms with Crippen molar-refractivity contribution < 1.29 is 19.1 Å². The highest BCUT2D eigenvalue weighted by atomic mass is 16.5. The van der Waals surface area contributed by atoms with Gasteiger partial charge in [0.2, 0.25) is 0 Å². The zero-order chi connectivity index (χ0) is 12.0. The highest BCUT2D eigenvalue weighted by Crippen LogP contribution is 2.35. The van der Waals surface area contributed by atoms with Crippen molar-refractivity contribution in [3.8, 4) is 0 Å². The van der Waals surface area contributed by atoms with Crippen LogP contribution in [0.25, 0.3) is 0 Å². The first-order valence-electron chi connectivity index (χ1n) is 5.99. The number of carbonyl (C=O) groups excluding carboxylic acids is 2. The molecule has 1 aliphatic carbocycles. The summed E-state index contributed by atoms with van der Waals surface area (Å²) in [7, 11) is 0. The molecule has 0 aromatic carbocycles. The Morgan fingerprint density at radius 2 is 1.88 bits per heavy atom. The zero-order valence-corrected chi connectivity index (χ0v) is 10.0. The van der Waals surface area contributed by atoms with Gasteiger partial charge in [0.1, 0.15) is 6.10 Å². The number of rotatable bonds is 8. The van der Waals surface area contributed by atoms with Gasteiger partial charge in [-0.15, -0.1) is 0 Å². The topological polar surface area (TPSA) is 52.6 Å². The fraction of sp³-hybridized carbons (Fsp3) is 0.833. The molecule has 1 saturated carbocycles. The lowest BCUT2D eigenvalue weighted by Gasteiger charge is -2.14. The molecule has 0 aromatic rings. The molecular formula is C12H20O4. The summed E-state index contributed by atoms with van der Waals surface area (Å²) in [4.78, 5) is 22.9. The summed E-state index contributed by atoms with van der Waals surface area (Å²) < 4.78 is 10.2. The molecule has 1 unspecified atom stereocenters. The molecule has 4 heteroatoms. The second-order valence-electron chi connectivity index (χ2n) is 3.98. The second-order valence-corrected chi connectivity index (χ2v) is 3.98. The van der Waals surface area contributed by atoms with Gasteiger partial charge < -0.3 is 9.47 Å². The SMILES string of the molecule is CCOC(=O)CCC(=O)C(OCC)C1CC1. The van der Waals surface area contributed by atoms with Crippen LogP contribution in [0.3, 0.4) is 0 Å². The Kier molecular flexibility index (Phi) is 5.46. The summed E-state index contributed by atoms with van der Waals surface area (Å²) in [6.07, 6.45) is 2.24. The number of Topliss-reactive ketones (excluding diaryl/α,β-unsaturated/α-hetero) is 1. The van der Waals surface area contributed by atoms with Crippen molar-refractivity contribution in [3.05, 3.63) is 0 Å². The Morgan fingerprint density at radius 3 is 2.38 bits per heavy atom. The molecule has 1 aliphatic rings. The van der Waals surface area contributed by atoms with Crippen molar-refractivity contribution in [2.24, 2.45) is 5.92 Å². The van der Waals surface area contributed by atoms with Crippen molar-refractivity contribution in [2.45, 2.75) is 45.6 Å². The van der Waals surface area contributed by atoms with E-state index in [1.807, 2.05) is 6.92 Å². The number of hydrogen-bond acceptors (Lipinski definition) is 4. The Morgan fingerprint density at radius 1 is 1.19 bits per heavy atom. The quantitative estimate of drug-likeness (QED) is 0.593. The van der Waals surface area contributed by atoms with Gasteiger partial charge in [0.15, 0.2) is 5.78 Å². The van der Waals surface area contributed by atoms with E-state index in [0.29, 0.717) is 19.1 Å². The summed E-state index contributed by atoms with van der Waals surface area (Å²) in [6.45, 7) is 4.55. The van der Waals surface area contributed by atoms with Crippen LogP contribution < -0.4 is 0 Å². The largest absolute Gasteiger partial charge is 0.466 e. The first kappa shape index (κ1) is 13.2. The molecule has 0 spiro atoms. The fourth-order valence-corrected chi connectivity index (χ4v) is 1.67. The van der Waals surface area contributed by atoms with Crippen molar-refractivity contribution >= 4 is 11.8 Å². The minimum Gasteiger partial charge on any atom is -0.466 e. The number of esters is 1. The first-order chi connectivity index (χ1) is 7.69. The van der Waals surface area contributed by atoms with Crippen LogP contribution in [0.1, 0.15) is 39.5 Å². The van der Waals surface area contributed by atoms with Crippen LogP contribution in [0.5, 0.6) is 0 Å². The van der Waals surface area contributed by atoms with E-state index in [1.165, 1.54) is 0 Å². The molecule has 0 amide bonds. The van der Waals surface area contributed by atoms with Crippen LogP contribution in [0.4, 0.5) is 0 Å². The first-order valence-corrected chi connectivity index (χ1v) is 5.99. The van der Waals surface area contributed by atoms with Crippen LogP contribution >= 0.6 is 0 Å². The molecule has 1 fully saturated rings. The third kappa shape index (κ3) is 4.31. The Bertz CT molecular complexity index is 245. The van der Waals surface area contributed by atoms with Gasteiger partial charge in [-0.3, -0.25) is 9.59 Å². The summed E-state index contributed by atoms with van der Waals surface area (Å²) in [6, 6.07) is 0. The van der Waals surface area contributed by atoms with Gasteiger partial charge in [-0.05, 0) is 32.6 Å². The minimum absolute atomic E-state index is 0.0393. The van der Waals surface area contributed by atoms with Gasteiger partial charge in [0, 0.05) is 13.0 Å². The van der Waals surface area contributed by atoms with E-state index in [4.69, 9.17) is 9.47 Å². The molecular weight excluding hydrogens is 208 g/mol. The van der Waals surface area contributed by atoms with Crippen molar-refractivity contribution in [3.63, 3.8) is 0 Å². The molecule has 1 rings (SSSR count). The fourth-order valence-electron chi connectivity index (χ4n) is 1.67. The monoisotopic (exact) mass is 228 g/mol. The lowest BCUT2D eigenvalue weighted by Crippen LogP contribution is -2.27. The molecule has 1 atom stereocenters. The summed E-state index contributed by atoms with van der Waals surface area (Å²) in [5.41, 5.74) is 0. The maximum Gasteiger partial charge on any atom is 0.306 e. The average Bonchev–Trinajstić information content (AvgIpc) is 3.07. The van der Waals surface area contributed by atoms with Gasteiger partial charge in [-0.25, -0.2) is 0 Å². The summed E-state index contributed by atoms with van der Waals surface area (Å²) in [5.74, 6) is 0.119. The Labute approximate surface area is 96.3 Å². The van der Waals surface area contributed by atoms with Crippen LogP contribution in [-0.2, 0) is 19.1 Å². The predicted molar refractivity (Wildman–Crippen MR) is 59.0 cm³/mol. The van der Waals surface area contributed by atoms with Crippen LogP contribution in [0.15, 0.2) is 0 Å². The van der Waals surface area contributed by atoms with Crippen LogP contribution in [0.2, 0.25) is 0 Å². The van der Waals surface area contributed by atoms with Gasteiger partial charge in [0.25, 0.3) is 0 Å². The molecule has 0 aromatic heterocycles. The van der Waals surface area contributed by atoms with Crippen LogP contribution in [-0.4, -0.2) is 31.1 Å². The molecule has 0 N–H and O–H groups in total. The van der Waals surface area contributed by atoms with E-state index >= 15 is 0 Å². The van der Waals surface area contributed by atoms with Crippen molar-refractivity contribution in [1.29, 1.82) is 0 Å².